The van der Waals surface area contributed by atoms with Gasteiger partial charge in [-0.1, -0.05) is 0 Å². The van der Waals surface area contributed by atoms with Crippen LogP contribution in [0.25, 0.3) is 10.6 Å². The number of nitrogens with one attached hydrogen (secondary N) is 1. The summed E-state index contributed by atoms with van der Waals surface area (Å²) in [6, 6.07) is 4.61. The predicted octanol–water partition coefficient (Wildman–Crippen LogP) is 4.77. The van der Waals surface area contributed by atoms with Gasteiger partial charge in [-0.3, -0.25) is 4.79 Å². The number of alkyl halides is 3. The first-order valence-electron chi connectivity index (χ1n) is 7.29. The molecular formula is C16H12F3N3O2S2. The van der Waals surface area contributed by atoms with Crippen molar-refractivity contribution >= 4 is 34.3 Å². The van der Waals surface area contributed by atoms with Crippen LogP contribution in [0.15, 0.2) is 35.2 Å². The highest BCUT2D eigenvalue weighted by Gasteiger charge is 2.28. The third kappa shape index (κ3) is 4.58. The Morgan fingerprint density at radius 2 is 2.12 bits per heavy atom. The maximum atomic E-state index is 12.4. The molecular weight excluding hydrogens is 387 g/mol. The second kappa shape index (κ2) is 7.42. The molecule has 0 atom stereocenters. The van der Waals surface area contributed by atoms with E-state index in [0.29, 0.717) is 16.3 Å². The fourth-order valence-corrected chi connectivity index (χ4v) is 3.67. The molecule has 1 N–H and O–H groups in total. The van der Waals surface area contributed by atoms with Crippen LogP contribution in [-0.2, 0) is 0 Å². The molecule has 0 aliphatic rings. The van der Waals surface area contributed by atoms with Gasteiger partial charge in [0.2, 0.25) is 5.88 Å². The van der Waals surface area contributed by atoms with Crippen LogP contribution >= 0.6 is 22.7 Å². The molecule has 0 aliphatic carbocycles. The summed E-state index contributed by atoms with van der Waals surface area (Å²) >= 11 is 2.81. The van der Waals surface area contributed by atoms with Crippen LogP contribution in [0.2, 0.25) is 0 Å². The molecule has 0 saturated heterocycles. The van der Waals surface area contributed by atoms with Crippen LogP contribution in [0.3, 0.4) is 0 Å². The summed E-state index contributed by atoms with van der Waals surface area (Å²) < 4.78 is 40.8. The zero-order chi connectivity index (χ0) is 18.7. The molecule has 0 fully saturated rings. The molecule has 3 aromatic heterocycles. The molecule has 0 saturated carbocycles. The van der Waals surface area contributed by atoms with E-state index in [-0.39, 0.29) is 11.8 Å². The minimum atomic E-state index is -4.43. The number of hydrogen-bond acceptors (Lipinski definition) is 6. The van der Waals surface area contributed by atoms with Crippen molar-refractivity contribution in [2.45, 2.75) is 13.1 Å². The number of halogens is 3. The second-order valence-corrected chi connectivity index (χ2v) is 6.97. The molecule has 136 valence electrons. The molecule has 0 spiro atoms. The average Bonchev–Trinajstić information content (AvgIpc) is 3.23. The first-order valence-corrected chi connectivity index (χ1v) is 9.05. The molecule has 0 radical (unpaired) electrons. The summed E-state index contributed by atoms with van der Waals surface area (Å²) in [5.74, 6) is -0.527. The van der Waals surface area contributed by atoms with E-state index in [1.165, 1.54) is 29.7 Å². The Bertz CT molecular complexity index is 891. The van der Waals surface area contributed by atoms with Crippen molar-refractivity contribution in [1.29, 1.82) is 0 Å². The molecule has 3 heterocycles. The standard InChI is InChI=1S/C16H12F3N3O2S2/c1-9-13(26-15(21-9)10-4-5-25-7-10)14(23)22-11-2-3-12(20-6-11)24-8-16(17,18)19/h2-7H,8H2,1H3,(H,22,23). The van der Waals surface area contributed by atoms with E-state index in [1.54, 1.807) is 18.3 Å². The van der Waals surface area contributed by atoms with E-state index in [4.69, 9.17) is 0 Å². The Kier molecular flexibility index (Phi) is 5.23. The normalized spacial score (nSPS) is 11.4. The summed E-state index contributed by atoms with van der Waals surface area (Å²) in [5, 5.41) is 7.28. The first kappa shape index (κ1) is 18.3. The number of aryl methyl sites for hydroxylation is 1. The van der Waals surface area contributed by atoms with Gasteiger partial charge in [0.15, 0.2) is 6.61 Å². The van der Waals surface area contributed by atoms with Gasteiger partial charge in [-0.15, -0.1) is 11.3 Å². The third-order valence-corrected chi connectivity index (χ3v) is 5.04. The van der Waals surface area contributed by atoms with E-state index in [1.807, 2.05) is 16.8 Å². The zero-order valence-corrected chi connectivity index (χ0v) is 15.0. The average molecular weight is 399 g/mol. The Labute approximate surface area is 154 Å². The quantitative estimate of drug-likeness (QED) is 0.671. The Balaban J connectivity index is 1.67. The van der Waals surface area contributed by atoms with Gasteiger partial charge in [0, 0.05) is 17.0 Å². The summed E-state index contributed by atoms with van der Waals surface area (Å²) in [5.41, 5.74) is 1.90. The van der Waals surface area contributed by atoms with Gasteiger partial charge in [-0.25, -0.2) is 9.97 Å². The van der Waals surface area contributed by atoms with E-state index in [0.717, 1.165) is 10.6 Å². The van der Waals surface area contributed by atoms with Crippen LogP contribution in [0.5, 0.6) is 5.88 Å². The van der Waals surface area contributed by atoms with Gasteiger partial charge in [0.1, 0.15) is 9.88 Å². The topological polar surface area (TPSA) is 64.1 Å². The first-order chi connectivity index (χ1) is 12.3. The van der Waals surface area contributed by atoms with Crippen molar-refractivity contribution in [3.8, 4) is 16.5 Å². The lowest BCUT2D eigenvalue weighted by molar-refractivity contribution is -0.154. The zero-order valence-electron chi connectivity index (χ0n) is 13.3. The smallest absolute Gasteiger partial charge is 0.422 e. The number of carbonyl (C=O) groups excluding carboxylic acids is 1. The predicted molar refractivity (Wildman–Crippen MR) is 93.9 cm³/mol. The Morgan fingerprint density at radius 3 is 2.73 bits per heavy atom. The molecule has 26 heavy (non-hydrogen) atoms. The van der Waals surface area contributed by atoms with Crippen LogP contribution in [0, 0.1) is 6.92 Å². The highest BCUT2D eigenvalue weighted by molar-refractivity contribution is 7.17. The van der Waals surface area contributed by atoms with Crippen molar-refractivity contribution in [3.05, 3.63) is 45.7 Å². The number of hydrogen-bond donors (Lipinski definition) is 1. The van der Waals surface area contributed by atoms with E-state index < -0.39 is 12.8 Å². The van der Waals surface area contributed by atoms with Crippen LogP contribution in [0.4, 0.5) is 18.9 Å². The minimum Gasteiger partial charge on any atom is -0.468 e. The van der Waals surface area contributed by atoms with Crippen LogP contribution < -0.4 is 10.1 Å². The van der Waals surface area contributed by atoms with Crippen molar-refractivity contribution in [3.63, 3.8) is 0 Å². The highest BCUT2D eigenvalue weighted by Crippen LogP contribution is 2.30. The van der Waals surface area contributed by atoms with Gasteiger partial charge in [0.25, 0.3) is 5.91 Å². The van der Waals surface area contributed by atoms with Gasteiger partial charge >= 0.3 is 6.18 Å². The molecule has 0 bridgehead atoms. The Morgan fingerprint density at radius 1 is 1.31 bits per heavy atom. The van der Waals surface area contributed by atoms with Crippen molar-refractivity contribution < 1.29 is 22.7 Å². The summed E-state index contributed by atoms with van der Waals surface area (Å²) in [6.45, 7) is 0.324. The number of anilines is 1. The van der Waals surface area contributed by atoms with Gasteiger partial charge in [0.05, 0.1) is 17.6 Å². The number of carbonyl (C=O) groups is 1. The van der Waals surface area contributed by atoms with Crippen molar-refractivity contribution in [2.24, 2.45) is 0 Å². The third-order valence-electron chi connectivity index (χ3n) is 3.15. The number of nitrogens with zero attached hydrogens (tertiary/aromatic N) is 2. The molecule has 10 heteroatoms. The maximum Gasteiger partial charge on any atom is 0.422 e. The van der Waals surface area contributed by atoms with Gasteiger partial charge in [-0.2, -0.15) is 24.5 Å². The van der Waals surface area contributed by atoms with Gasteiger partial charge < -0.3 is 10.1 Å². The monoisotopic (exact) mass is 399 g/mol. The summed E-state index contributed by atoms with van der Waals surface area (Å²) in [6.07, 6.45) is -3.20. The molecule has 0 aromatic carbocycles. The van der Waals surface area contributed by atoms with Gasteiger partial charge in [-0.05, 0) is 24.4 Å². The van der Waals surface area contributed by atoms with E-state index in [2.05, 4.69) is 20.0 Å². The van der Waals surface area contributed by atoms with Crippen molar-refractivity contribution in [1.82, 2.24) is 9.97 Å². The lowest BCUT2D eigenvalue weighted by Gasteiger charge is -2.09. The molecule has 3 rings (SSSR count). The number of rotatable bonds is 5. The molecule has 0 aliphatic heterocycles. The lowest BCUT2D eigenvalue weighted by atomic mass is 10.3. The van der Waals surface area contributed by atoms with E-state index in [9.17, 15) is 18.0 Å². The molecule has 1 amide bonds. The second-order valence-electron chi connectivity index (χ2n) is 5.19. The molecule has 5 nitrogen and oxygen atoms in total. The number of thiophene rings is 1. The molecule has 0 unspecified atom stereocenters. The number of amides is 1. The summed E-state index contributed by atoms with van der Waals surface area (Å²) in [7, 11) is 0. The number of thiazole rings is 1. The maximum absolute atomic E-state index is 12.4. The molecule has 3 aromatic rings. The highest BCUT2D eigenvalue weighted by atomic mass is 32.1. The number of aromatic nitrogens is 2. The SMILES string of the molecule is Cc1nc(-c2ccsc2)sc1C(=O)Nc1ccc(OCC(F)(F)F)nc1. The van der Waals surface area contributed by atoms with E-state index >= 15 is 0 Å². The van der Waals surface area contributed by atoms with Crippen LogP contribution in [0.1, 0.15) is 15.4 Å². The van der Waals surface area contributed by atoms with Crippen molar-refractivity contribution in [2.75, 3.05) is 11.9 Å². The van der Waals surface area contributed by atoms with Crippen LogP contribution in [-0.4, -0.2) is 28.7 Å². The number of ether oxygens (including phenoxy) is 1. The minimum absolute atomic E-state index is 0.172. The largest absolute Gasteiger partial charge is 0.468 e. The summed E-state index contributed by atoms with van der Waals surface area (Å²) in [4.78, 5) is 21.0. The lowest BCUT2D eigenvalue weighted by Crippen LogP contribution is -2.19. The number of pyridine rings is 1. The fourth-order valence-electron chi connectivity index (χ4n) is 2.00. The fraction of sp³-hybridized carbons (Fsp3) is 0.188. The Hall–Kier alpha value is -2.46.